The Kier molecular flexibility index (Phi) is 6.47. The lowest BCUT2D eigenvalue weighted by molar-refractivity contribution is 0.0949. The maximum Gasteiger partial charge on any atom is 0.276 e. The third kappa shape index (κ3) is 4.65. The summed E-state index contributed by atoms with van der Waals surface area (Å²) in [4.78, 5) is 16.1. The lowest BCUT2D eigenvalue weighted by Crippen LogP contribution is -2.41. The van der Waals surface area contributed by atoms with Gasteiger partial charge >= 0.3 is 0 Å². The molecular formula is C17H18BrClN2O4S2. The molecule has 0 bridgehead atoms. The van der Waals surface area contributed by atoms with Gasteiger partial charge in [0.05, 0.1) is 16.5 Å². The third-order valence-electron chi connectivity index (χ3n) is 4.24. The van der Waals surface area contributed by atoms with Gasteiger partial charge in [-0.15, -0.1) is 16.2 Å². The zero-order chi connectivity index (χ0) is 19.6. The van der Waals surface area contributed by atoms with Gasteiger partial charge in [-0.05, 0) is 65.4 Å². The van der Waals surface area contributed by atoms with E-state index in [1.165, 1.54) is 47.4 Å². The van der Waals surface area contributed by atoms with Gasteiger partial charge in [0.2, 0.25) is 0 Å². The second-order valence-corrected chi connectivity index (χ2v) is 10.2. The molecule has 10 heteroatoms. The number of hydrogen-bond acceptors (Lipinski definition) is 5. The van der Waals surface area contributed by atoms with Crippen molar-refractivity contribution in [3.8, 4) is 5.75 Å². The molecule has 2 N–H and O–H groups in total. The zero-order valence-electron chi connectivity index (χ0n) is 14.5. The number of rotatable bonds is 5. The Morgan fingerprint density at radius 3 is 2.70 bits per heavy atom. The fraction of sp³-hybridized carbons (Fsp3) is 0.353. The Morgan fingerprint density at radius 2 is 1.96 bits per heavy atom. The Balaban J connectivity index is 1.77. The normalized spacial score (nSPS) is 14.3. The van der Waals surface area contributed by atoms with Gasteiger partial charge in [0, 0.05) is 9.90 Å². The predicted molar refractivity (Wildman–Crippen MR) is 109 cm³/mol. The standard InChI is InChI=1S/C17H18BrClN2O4S2/c1-25-16-12(18)8-11(19)9-15(16)27(23,24)21-20-17(22)14-7-10-5-3-2-4-6-13(10)26-14/h7-9,21H,2-6H2,1H3,(H,20,22). The number of amides is 1. The monoisotopic (exact) mass is 492 g/mol. The van der Waals surface area contributed by atoms with E-state index in [1.807, 2.05) is 6.07 Å². The number of halogens is 2. The SMILES string of the molecule is COc1c(Br)cc(Cl)cc1S(=O)(=O)NNC(=O)c1cc2c(s1)CCCCC2. The highest BCUT2D eigenvalue weighted by atomic mass is 79.9. The second kappa shape index (κ2) is 8.48. The van der Waals surface area contributed by atoms with E-state index in [2.05, 4.69) is 26.2 Å². The average Bonchev–Trinajstić information content (AvgIpc) is 2.90. The maximum atomic E-state index is 12.6. The fourth-order valence-corrected chi connectivity index (χ4v) is 6.32. The van der Waals surface area contributed by atoms with Crippen LogP contribution in [0.5, 0.6) is 5.75 Å². The van der Waals surface area contributed by atoms with Crippen molar-refractivity contribution in [1.29, 1.82) is 0 Å². The summed E-state index contributed by atoms with van der Waals surface area (Å²) in [5, 5.41) is 0.219. The van der Waals surface area contributed by atoms with Crippen LogP contribution in [0.1, 0.15) is 39.4 Å². The Bertz CT molecular complexity index is 952. The number of nitrogens with one attached hydrogen (secondary N) is 2. The topological polar surface area (TPSA) is 84.5 Å². The largest absolute Gasteiger partial charge is 0.494 e. The first-order valence-corrected chi connectivity index (χ1v) is 11.8. The summed E-state index contributed by atoms with van der Waals surface area (Å²) in [6, 6.07) is 4.63. The summed E-state index contributed by atoms with van der Waals surface area (Å²) < 4.78 is 30.8. The summed E-state index contributed by atoms with van der Waals surface area (Å²) in [6.07, 6.45) is 5.34. The molecule has 0 radical (unpaired) electrons. The number of carbonyl (C=O) groups excluding carboxylic acids is 1. The summed E-state index contributed by atoms with van der Waals surface area (Å²) in [7, 11) is -2.72. The van der Waals surface area contributed by atoms with Crippen molar-refractivity contribution in [2.24, 2.45) is 0 Å². The zero-order valence-corrected chi connectivity index (χ0v) is 18.4. The molecule has 0 saturated heterocycles. The molecule has 1 aromatic heterocycles. The number of sulfonamides is 1. The molecule has 0 fully saturated rings. The van der Waals surface area contributed by atoms with Gasteiger partial charge in [-0.1, -0.05) is 18.0 Å². The van der Waals surface area contributed by atoms with Gasteiger partial charge in [-0.25, -0.2) is 8.42 Å². The van der Waals surface area contributed by atoms with Crippen molar-refractivity contribution >= 4 is 54.8 Å². The summed E-state index contributed by atoms with van der Waals surface area (Å²) in [5.74, 6) is -0.388. The number of aryl methyl sites for hydroxylation is 2. The van der Waals surface area contributed by atoms with Gasteiger partial charge in [-0.3, -0.25) is 10.2 Å². The number of methoxy groups -OCH3 is 1. The minimum absolute atomic E-state index is 0.101. The summed E-state index contributed by atoms with van der Waals surface area (Å²) in [5.41, 5.74) is 3.46. The van der Waals surface area contributed by atoms with Crippen LogP contribution in [0.15, 0.2) is 27.6 Å². The maximum absolute atomic E-state index is 12.6. The second-order valence-electron chi connectivity index (χ2n) is 6.10. The van der Waals surface area contributed by atoms with Crippen molar-refractivity contribution in [2.45, 2.75) is 37.0 Å². The van der Waals surface area contributed by atoms with Gasteiger partial charge in [-0.2, -0.15) is 0 Å². The Hall–Kier alpha value is -1.13. The van der Waals surface area contributed by atoms with Crippen LogP contribution in [0.25, 0.3) is 0 Å². The van der Waals surface area contributed by atoms with Crippen LogP contribution < -0.4 is 15.0 Å². The third-order valence-corrected chi connectivity index (χ3v) is 7.53. The highest BCUT2D eigenvalue weighted by Crippen LogP contribution is 2.35. The minimum Gasteiger partial charge on any atom is -0.494 e. The molecule has 6 nitrogen and oxygen atoms in total. The highest BCUT2D eigenvalue weighted by molar-refractivity contribution is 9.10. The van der Waals surface area contributed by atoms with E-state index in [1.54, 1.807) is 0 Å². The first-order chi connectivity index (χ1) is 12.8. The molecule has 0 atom stereocenters. The van der Waals surface area contributed by atoms with Crippen LogP contribution in [0.2, 0.25) is 5.02 Å². The summed E-state index contributed by atoms with van der Waals surface area (Å²) >= 11 is 10.6. The molecule has 1 aromatic carbocycles. The number of benzene rings is 1. The van der Waals surface area contributed by atoms with Gasteiger partial charge < -0.3 is 4.74 Å². The van der Waals surface area contributed by atoms with Crippen LogP contribution in [0, 0.1) is 0 Å². The fourth-order valence-electron chi connectivity index (χ4n) is 2.94. The van der Waals surface area contributed by atoms with E-state index in [0.717, 1.165) is 25.7 Å². The number of carbonyl (C=O) groups is 1. The van der Waals surface area contributed by atoms with E-state index in [4.69, 9.17) is 16.3 Å². The van der Waals surface area contributed by atoms with Crippen molar-refractivity contribution in [3.63, 3.8) is 0 Å². The van der Waals surface area contributed by atoms with Crippen molar-refractivity contribution < 1.29 is 17.9 Å². The van der Waals surface area contributed by atoms with Crippen LogP contribution in [0.3, 0.4) is 0 Å². The molecule has 0 aliphatic heterocycles. The molecule has 27 heavy (non-hydrogen) atoms. The molecule has 0 spiro atoms. The molecule has 0 unspecified atom stereocenters. The van der Waals surface area contributed by atoms with E-state index < -0.39 is 15.9 Å². The molecular weight excluding hydrogens is 476 g/mol. The molecule has 2 aromatic rings. The van der Waals surface area contributed by atoms with Crippen molar-refractivity contribution in [3.05, 3.63) is 43.0 Å². The molecule has 3 rings (SSSR count). The van der Waals surface area contributed by atoms with Crippen LogP contribution in [-0.2, 0) is 22.9 Å². The van der Waals surface area contributed by atoms with E-state index in [9.17, 15) is 13.2 Å². The molecule has 0 saturated carbocycles. The van der Waals surface area contributed by atoms with Gasteiger partial charge in [0.1, 0.15) is 4.90 Å². The first-order valence-electron chi connectivity index (χ1n) is 8.28. The number of ether oxygens (including phenoxy) is 1. The minimum atomic E-state index is -4.08. The smallest absolute Gasteiger partial charge is 0.276 e. The Morgan fingerprint density at radius 1 is 1.22 bits per heavy atom. The van der Waals surface area contributed by atoms with E-state index in [-0.39, 0.29) is 15.7 Å². The molecule has 1 amide bonds. The average molecular weight is 494 g/mol. The molecule has 1 aliphatic rings. The van der Waals surface area contributed by atoms with Crippen LogP contribution >= 0.6 is 38.9 Å². The molecule has 1 heterocycles. The number of hydrogen-bond donors (Lipinski definition) is 2. The quantitative estimate of drug-likeness (QED) is 0.486. The van der Waals surface area contributed by atoms with Crippen molar-refractivity contribution in [2.75, 3.05) is 7.11 Å². The van der Waals surface area contributed by atoms with E-state index >= 15 is 0 Å². The van der Waals surface area contributed by atoms with Gasteiger partial charge in [0.25, 0.3) is 15.9 Å². The summed E-state index contributed by atoms with van der Waals surface area (Å²) in [6.45, 7) is 0. The van der Waals surface area contributed by atoms with Crippen molar-refractivity contribution in [1.82, 2.24) is 10.3 Å². The number of thiophene rings is 1. The molecule has 1 aliphatic carbocycles. The van der Waals surface area contributed by atoms with Gasteiger partial charge in [0.15, 0.2) is 5.75 Å². The predicted octanol–water partition coefficient (Wildman–Crippen LogP) is 4.06. The van der Waals surface area contributed by atoms with Crippen LogP contribution in [-0.4, -0.2) is 21.4 Å². The lowest BCUT2D eigenvalue weighted by atomic mass is 10.1. The van der Waals surface area contributed by atoms with E-state index in [0.29, 0.717) is 9.35 Å². The first kappa shape index (κ1) is 20.6. The lowest BCUT2D eigenvalue weighted by Gasteiger charge is -2.13. The number of hydrazine groups is 1. The van der Waals surface area contributed by atoms with Crippen LogP contribution in [0.4, 0.5) is 0 Å². The molecule has 146 valence electrons. The number of fused-ring (bicyclic) bond motifs is 1. The Labute approximate surface area is 175 Å². The highest BCUT2D eigenvalue weighted by Gasteiger charge is 2.24.